The van der Waals surface area contributed by atoms with Crippen LogP contribution in [0.3, 0.4) is 0 Å². The molecule has 2 saturated carbocycles. The molecule has 274 valence electrons. The molecule has 0 spiro atoms. The van der Waals surface area contributed by atoms with Gasteiger partial charge in [-0.25, -0.2) is 0 Å². The second kappa shape index (κ2) is 21.1. The van der Waals surface area contributed by atoms with E-state index in [2.05, 4.69) is 13.8 Å². The molecule has 8 atom stereocenters. The van der Waals surface area contributed by atoms with Crippen LogP contribution in [-0.4, -0.2) is 74.7 Å². The monoisotopic (exact) mass is 678 g/mol. The number of carbonyl (C=O) groups is 4. The Labute approximate surface area is 288 Å². The summed E-state index contributed by atoms with van der Waals surface area (Å²) in [5.41, 5.74) is 0. The smallest absolute Gasteiger partial charge is 0.309 e. The van der Waals surface area contributed by atoms with Crippen LogP contribution in [0.1, 0.15) is 142 Å². The van der Waals surface area contributed by atoms with Crippen molar-refractivity contribution in [2.45, 2.75) is 167 Å². The molecule has 2 aliphatic carbocycles. The van der Waals surface area contributed by atoms with Gasteiger partial charge in [0.25, 0.3) is 0 Å². The number of esters is 4. The third kappa shape index (κ3) is 12.9. The molecule has 4 aliphatic rings. The third-order valence-corrected chi connectivity index (χ3v) is 10.5. The Balaban J connectivity index is 0.960. The predicted molar refractivity (Wildman–Crippen MR) is 179 cm³/mol. The van der Waals surface area contributed by atoms with Crippen LogP contribution < -0.4 is 0 Å². The Morgan fingerprint density at radius 1 is 0.396 bits per heavy atom. The first-order valence-corrected chi connectivity index (χ1v) is 19.4. The van der Waals surface area contributed by atoms with E-state index in [0.717, 1.165) is 89.9 Å². The van der Waals surface area contributed by atoms with Crippen molar-refractivity contribution in [2.75, 3.05) is 26.4 Å². The third-order valence-electron chi connectivity index (χ3n) is 10.5. The SMILES string of the molecule is CCCCCOC(=O)C1CC2OC2CC1C(=O)OCCCCCCCCCCCCOC(=O)C1CC2OC2CC1C(=O)OCCCCC. The van der Waals surface area contributed by atoms with Gasteiger partial charge in [-0.1, -0.05) is 90.9 Å². The number of carbonyl (C=O) groups excluding carboxylic acids is 4. The van der Waals surface area contributed by atoms with Crippen molar-refractivity contribution < 1.29 is 47.6 Å². The number of ether oxygens (including phenoxy) is 6. The minimum atomic E-state index is -0.458. The van der Waals surface area contributed by atoms with Crippen LogP contribution in [0.2, 0.25) is 0 Å². The molecule has 0 N–H and O–H groups in total. The molecule has 2 aliphatic heterocycles. The summed E-state index contributed by atoms with van der Waals surface area (Å²) in [5, 5.41) is 0. The van der Waals surface area contributed by atoms with Gasteiger partial charge in [0.2, 0.25) is 0 Å². The van der Waals surface area contributed by atoms with Gasteiger partial charge in [0, 0.05) is 0 Å². The molecule has 2 saturated heterocycles. The van der Waals surface area contributed by atoms with Crippen molar-refractivity contribution in [1.82, 2.24) is 0 Å². The maximum atomic E-state index is 12.8. The van der Waals surface area contributed by atoms with Crippen LogP contribution in [-0.2, 0) is 47.6 Å². The molecule has 2 heterocycles. The Morgan fingerprint density at radius 3 is 0.875 bits per heavy atom. The maximum Gasteiger partial charge on any atom is 0.309 e. The van der Waals surface area contributed by atoms with Crippen molar-refractivity contribution in [3.05, 3.63) is 0 Å². The summed E-state index contributed by atoms with van der Waals surface area (Å²) in [6.07, 6.45) is 19.1. The number of fused-ring (bicyclic) bond motifs is 2. The fraction of sp³-hybridized carbons (Fsp3) is 0.895. The van der Waals surface area contributed by atoms with Gasteiger partial charge in [-0.15, -0.1) is 0 Å². The topological polar surface area (TPSA) is 130 Å². The van der Waals surface area contributed by atoms with E-state index in [1.807, 2.05) is 0 Å². The van der Waals surface area contributed by atoms with Gasteiger partial charge in [-0.05, 0) is 51.4 Å². The molecule has 0 aromatic carbocycles. The molecule has 0 aromatic rings. The summed E-state index contributed by atoms with van der Waals surface area (Å²) in [6.45, 7) is 5.83. The fourth-order valence-corrected chi connectivity index (χ4v) is 7.33. The Bertz CT molecular complexity index is 922. The highest BCUT2D eigenvalue weighted by Gasteiger charge is 2.54. The zero-order chi connectivity index (χ0) is 34.1. The minimum absolute atomic E-state index is 0.0865. The predicted octanol–water partition coefficient (Wildman–Crippen LogP) is 7.03. The van der Waals surface area contributed by atoms with E-state index in [1.165, 1.54) is 12.8 Å². The largest absolute Gasteiger partial charge is 0.465 e. The quantitative estimate of drug-likeness (QED) is 0.0429. The lowest BCUT2D eigenvalue weighted by Gasteiger charge is -2.26. The van der Waals surface area contributed by atoms with Crippen LogP contribution in [0.25, 0.3) is 0 Å². The summed E-state index contributed by atoms with van der Waals surface area (Å²) in [7, 11) is 0. The van der Waals surface area contributed by atoms with Gasteiger partial charge in [-0.3, -0.25) is 19.2 Å². The fourth-order valence-electron chi connectivity index (χ4n) is 7.33. The summed E-state index contributed by atoms with van der Waals surface area (Å²) in [4.78, 5) is 51.0. The second-order valence-corrected chi connectivity index (χ2v) is 14.4. The molecule has 48 heavy (non-hydrogen) atoms. The molecule has 0 amide bonds. The van der Waals surface area contributed by atoms with Crippen LogP contribution in [0.5, 0.6) is 0 Å². The van der Waals surface area contributed by atoms with Crippen LogP contribution >= 0.6 is 0 Å². The molecule has 0 radical (unpaired) electrons. The highest BCUT2D eigenvalue weighted by molar-refractivity contribution is 5.83. The number of hydrogen-bond acceptors (Lipinski definition) is 10. The van der Waals surface area contributed by atoms with E-state index in [0.29, 0.717) is 52.1 Å². The van der Waals surface area contributed by atoms with Crippen molar-refractivity contribution in [3.63, 3.8) is 0 Å². The van der Waals surface area contributed by atoms with E-state index in [1.54, 1.807) is 0 Å². The van der Waals surface area contributed by atoms with E-state index in [9.17, 15) is 19.2 Å². The van der Waals surface area contributed by atoms with E-state index < -0.39 is 23.7 Å². The maximum absolute atomic E-state index is 12.8. The molecule has 0 aromatic heterocycles. The lowest BCUT2D eigenvalue weighted by Crippen LogP contribution is -2.37. The van der Waals surface area contributed by atoms with Crippen molar-refractivity contribution in [1.29, 1.82) is 0 Å². The Hall–Kier alpha value is -2.20. The molecule has 10 heteroatoms. The van der Waals surface area contributed by atoms with Crippen LogP contribution in [0.4, 0.5) is 0 Å². The number of rotatable bonds is 25. The molecule has 4 rings (SSSR count). The van der Waals surface area contributed by atoms with Crippen molar-refractivity contribution in [3.8, 4) is 0 Å². The summed E-state index contributed by atoms with van der Waals surface area (Å²) in [6, 6.07) is 0. The summed E-state index contributed by atoms with van der Waals surface area (Å²) < 4.78 is 33.4. The van der Waals surface area contributed by atoms with Gasteiger partial charge in [-0.2, -0.15) is 0 Å². The highest BCUT2D eigenvalue weighted by atomic mass is 16.6. The molecular formula is C38H62O10. The van der Waals surface area contributed by atoms with Gasteiger partial charge >= 0.3 is 23.9 Å². The van der Waals surface area contributed by atoms with Crippen molar-refractivity contribution in [2.24, 2.45) is 23.7 Å². The second-order valence-electron chi connectivity index (χ2n) is 14.4. The standard InChI is InChI=1S/C38H62O10/c1-3-5-15-19-43-35(39)27-23-31-33(47-31)25-29(27)37(41)45-21-17-13-11-9-7-8-10-12-14-18-22-46-38(42)30-26-34-32(48-34)24-28(30)36(40)44-20-16-6-4-2/h27-34H,3-26H2,1-2H3. The normalized spacial score (nSPS) is 28.5. The number of hydrogen-bond donors (Lipinski definition) is 0. The Kier molecular flexibility index (Phi) is 17.0. The molecule has 10 nitrogen and oxygen atoms in total. The molecule has 8 unspecified atom stereocenters. The number of unbranched alkanes of at least 4 members (excludes halogenated alkanes) is 13. The van der Waals surface area contributed by atoms with Gasteiger partial charge in [0.1, 0.15) is 0 Å². The minimum Gasteiger partial charge on any atom is -0.465 e. The molecular weight excluding hydrogens is 616 g/mol. The van der Waals surface area contributed by atoms with E-state index >= 15 is 0 Å². The van der Waals surface area contributed by atoms with Gasteiger partial charge in [0.15, 0.2) is 0 Å². The average molecular weight is 679 g/mol. The zero-order valence-electron chi connectivity index (χ0n) is 29.7. The van der Waals surface area contributed by atoms with Crippen molar-refractivity contribution >= 4 is 23.9 Å². The first-order chi connectivity index (χ1) is 23.4. The van der Waals surface area contributed by atoms with E-state index in [4.69, 9.17) is 28.4 Å². The molecule has 0 bridgehead atoms. The Morgan fingerprint density at radius 2 is 0.625 bits per heavy atom. The summed E-state index contributed by atoms with van der Waals surface area (Å²) >= 11 is 0. The van der Waals surface area contributed by atoms with Crippen LogP contribution in [0, 0.1) is 23.7 Å². The van der Waals surface area contributed by atoms with Crippen LogP contribution in [0.15, 0.2) is 0 Å². The number of epoxide rings is 2. The van der Waals surface area contributed by atoms with Gasteiger partial charge in [0.05, 0.1) is 74.5 Å². The first-order valence-electron chi connectivity index (χ1n) is 19.4. The molecule has 4 fully saturated rings. The average Bonchev–Trinajstić information content (AvgIpc) is 4.02. The zero-order valence-corrected chi connectivity index (χ0v) is 29.7. The first kappa shape index (κ1) is 38.6. The van der Waals surface area contributed by atoms with Gasteiger partial charge < -0.3 is 28.4 Å². The summed E-state index contributed by atoms with van der Waals surface area (Å²) in [5.74, 6) is -2.94. The van der Waals surface area contributed by atoms with E-state index in [-0.39, 0.29) is 48.3 Å². The lowest BCUT2D eigenvalue weighted by atomic mass is 9.79. The highest BCUT2D eigenvalue weighted by Crippen LogP contribution is 2.45. The lowest BCUT2D eigenvalue weighted by molar-refractivity contribution is -0.162.